The minimum absolute atomic E-state index is 0. The van der Waals surface area contributed by atoms with Crippen molar-refractivity contribution in [3.63, 3.8) is 0 Å². The normalized spacial score (nSPS) is 21.4. The first kappa shape index (κ1) is 6.83. The van der Waals surface area contributed by atoms with Crippen LogP contribution in [-0.2, 0) is 0 Å². The van der Waals surface area contributed by atoms with E-state index in [1.165, 1.54) is 0 Å². The Morgan fingerprint density at radius 1 is 1.50 bits per heavy atom. The molecule has 0 unspecified atom stereocenters. The van der Waals surface area contributed by atoms with E-state index in [2.05, 4.69) is 5.32 Å². The van der Waals surface area contributed by atoms with Crippen LogP contribution in [0.5, 0.6) is 0 Å². The second kappa shape index (κ2) is 6.82. The highest BCUT2D eigenvalue weighted by Gasteiger charge is 2.13. The Bertz CT molecular complexity index is 384. The van der Waals surface area contributed by atoms with E-state index in [1.54, 1.807) is 37.3 Å². The molecule has 0 heterocycles. The first-order valence-electron chi connectivity index (χ1n) is 6.66. The quantitative estimate of drug-likeness (QED) is 0.815. The molecule has 0 saturated carbocycles. The summed E-state index contributed by atoms with van der Waals surface area (Å²) in [5.41, 5.74) is 0.610. The second-order valence-electron chi connectivity index (χ2n) is 2.91. The lowest BCUT2D eigenvalue weighted by molar-refractivity contribution is 0.137. The van der Waals surface area contributed by atoms with Crippen LogP contribution in [0.25, 0.3) is 0 Å². The van der Waals surface area contributed by atoms with Gasteiger partial charge in [-0.05, 0) is 19.0 Å². The van der Waals surface area contributed by atoms with Crippen LogP contribution in [-0.4, -0.2) is 17.6 Å². The molecule has 0 amide bonds. The van der Waals surface area contributed by atoms with Crippen LogP contribution in [0.15, 0.2) is 30.3 Å². The Hall–Kier alpha value is -0.570. The SMILES string of the molecule is Cl.[2H]C([2H])([2H])C([2H])([2H])N[C@@H](C)[C@H](O)c1ccccc1. The maximum atomic E-state index is 10.0. The van der Waals surface area contributed by atoms with Crippen molar-refractivity contribution < 1.29 is 12.0 Å². The Kier molecular flexibility index (Phi) is 3.33. The average molecular weight is 221 g/mol. The van der Waals surface area contributed by atoms with Gasteiger partial charge in [0.2, 0.25) is 0 Å². The van der Waals surface area contributed by atoms with Crippen molar-refractivity contribution in [1.82, 2.24) is 5.32 Å². The fourth-order valence-electron chi connectivity index (χ4n) is 1.13. The molecule has 1 aromatic rings. The summed E-state index contributed by atoms with van der Waals surface area (Å²) >= 11 is 0. The largest absolute Gasteiger partial charge is 0.387 e. The second-order valence-corrected chi connectivity index (χ2v) is 2.91. The smallest absolute Gasteiger partial charge is 0.0940 e. The van der Waals surface area contributed by atoms with Gasteiger partial charge >= 0.3 is 0 Å². The number of benzene rings is 1. The molecule has 2 N–H and O–H groups in total. The number of nitrogens with one attached hydrogen (secondary N) is 1. The molecule has 80 valence electrons. The van der Waals surface area contributed by atoms with Gasteiger partial charge in [0.05, 0.1) is 6.10 Å². The van der Waals surface area contributed by atoms with Crippen LogP contribution in [0.4, 0.5) is 0 Å². The Morgan fingerprint density at radius 2 is 2.14 bits per heavy atom. The molecule has 0 saturated heterocycles. The minimum Gasteiger partial charge on any atom is -0.387 e. The van der Waals surface area contributed by atoms with Crippen molar-refractivity contribution in [2.45, 2.75) is 25.9 Å². The lowest BCUT2D eigenvalue weighted by Crippen LogP contribution is -2.31. The zero-order valence-electron chi connectivity index (χ0n) is 12.9. The molecule has 0 fully saturated rings. The van der Waals surface area contributed by atoms with Gasteiger partial charge in [-0.25, -0.2) is 0 Å². The maximum Gasteiger partial charge on any atom is 0.0940 e. The van der Waals surface area contributed by atoms with E-state index >= 15 is 0 Å². The molecule has 1 aromatic carbocycles. The number of aliphatic hydroxyl groups excluding tert-OH is 1. The third-order valence-corrected chi connectivity index (χ3v) is 1.91. The molecule has 1 rings (SSSR count). The summed E-state index contributed by atoms with van der Waals surface area (Å²) in [4.78, 5) is 0. The molecule has 0 radical (unpaired) electrons. The Balaban J connectivity index is 0.00000324. The van der Waals surface area contributed by atoms with Crippen molar-refractivity contribution >= 4 is 12.4 Å². The molecule has 2 nitrogen and oxygen atoms in total. The molecule has 3 heteroatoms. The lowest BCUT2D eigenvalue weighted by atomic mass is 10.0. The van der Waals surface area contributed by atoms with Gasteiger partial charge in [0.15, 0.2) is 0 Å². The van der Waals surface area contributed by atoms with Crippen LogP contribution in [0.2, 0.25) is 0 Å². The molecule has 0 aliphatic rings. The first-order valence-corrected chi connectivity index (χ1v) is 4.16. The number of likely N-dealkylation sites (N-methyl/N-ethyl adjacent to an activating group) is 1. The summed E-state index contributed by atoms with van der Waals surface area (Å²) in [7, 11) is 0. The summed E-state index contributed by atoms with van der Waals surface area (Å²) in [6, 6.07) is 7.99. The monoisotopic (exact) mass is 220 g/mol. The van der Waals surface area contributed by atoms with Crippen LogP contribution < -0.4 is 5.32 Å². The van der Waals surface area contributed by atoms with E-state index in [9.17, 15) is 5.11 Å². The van der Waals surface area contributed by atoms with Gasteiger partial charge in [-0.2, -0.15) is 0 Å². The third kappa shape index (κ3) is 3.66. The third-order valence-electron chi connectivity index (χ3n) is 1.91. The van der Waals surface area contributed by atoms with Crippen molar-refractivity contribution in [3.05, 3.63) is 35.9 Å². The van der Waals surface area contributed by atoms with Gasteiger partial charge < -0.3 is 10.4 Å². The van der Waals surface area contributed by atoms with E-state index in [4.69, 9.17) is 6.85 Å². The lowest BCUT2D eigenvalue weighted by Gasteiger charge is -2.19. The number of rotatable bonds is 4. The van der Waals surface area contributed by atoms with E-state index in [-0.39, 0.29) is 12.4 Å². The van der Waals surface area contributed by atoms with Gasteiger partial charge in [-0.3, -0.25) is 0 Å². The van der Waals surface area contributed by atoms with Crippen molar-refractivity contribution in [2.24, 2.45) is 0 Å². The highest BCUT2D eigenvalue weighted by atomic mass is 35.5. The fraction of sp³-hybridized carbons (Fsp3) is 0.455. The number of halogens is 1. The van der Waals surface area contributed by atoms with Gasteiger partial charge in [0.25, 0.3) is 0 Å². The molecule has 0 aliphatic carbocycles. The zero-order valence-corrected chi connectivity index (χ0v) is 8.71. The maximum absolute atomic E-state index is 10.0. The summed E-state index contributed by atoms with van der Waals surface area (Å²) in [6.07, 6.45) is -0.969. The topological polar surface area (TPSA) is 32.3 Å². The predicted molar refractivity (Wildman–Crippen MR) is 61.8 cm³/mol. The van der Waals surface area contributed by atoms with Crippen LogP contribution in [0.1, 0.15) is 32.3 Å². The number of aliphatic hydroxyl groups is 1. The molecule has 0 spiro atoms. The molecule has 0 aromatic heterocycles. The Morgan fingerprint density at radius 3 is 2.71 bits per heavy atom. The van der Waals surface area contributed by atoms with Crippen LogP contribution in [0, 0.1) is 0 Å². The number of hydrogen-bond donors (Lipinski definition) is 2. The summed E-state index contributed by atoms with van der Waals surface area (Å²) in [6.45, 7) is -3.78. The van der Waals surface area contributed by atoms with Gasteiger partial charge in [-0.15, -0.1) is 12.4 Å². The van der Waals surface area contributed by atoms with Gasteiger partial charge in [0.1, 0.15) is 0 Å². The molecular weight excluding hydrogens is 198 g/mol. The van der Waals surface area contributed by atoms with Crippen LogP contribution >= 0.6 is 12.4 Å². The number of hydrogen-bond acceptors (Lipinski definition) is 2. The fourth-order valence-corrected chi connectivity index (χ4v) is 1.13. The van der Waals surface area contributed by atoms with Crippen molar-refractivity contribution in [3.8, 4) is 0 Å². The van der Waals surface area contributed by atoms with Crippen LogP contribution in [0.3, 0.4) is 0 Å². The molecule has 2 atom stereocenters. The first-order chi connectivity index (χ1) is 8.15. The predicted octanol–water partition coefficient (Wildman–Crippen LogP) is 2.14. The average Bonchev–Trinajstić information content (AvgIpc) is 2.27. The van der Waals surface area contributed by atoms with E-state index in [0.29, 0.717) is 5.56 Å². The van der Waals surface area contributed by atoms with E-state index in [0.717, 1.165) is 0 Å². The molecular formula is C11H18ClNO. The summed E-state index contributed by atoms with van der Waals surface area (Å²) in [5, 5.41) is 12.3. The van der Waals surface area contributed by atoms with Crippen molar-refractivity contribution in [2.75, 3.05) is 6.50 Å². The summed E-state index contributed by atoms with van der Waals surface area (Å²) in [5.74, 6) is 0. The Labute approximate surface area is 98.8 Å². The van der Waals surface area contributed by atoms with Gasteiger partial charge in [-0.1, -0.05) is 37.2 Å². The minimum atomic E-state index is -2.78. The molecule has 0 bridgehead atoms. The molecule has 14 heavy (non-hydrogen) atoms. The van der Waals surface area contributed by atoms with E-state index < -0.39 is 25.5 Å². The standard InChI is InChI=1S/C11H17NO.ClH/c1-3-12-9(2)11(13)10-7-5-4-6-8-10;/h4-9,11-13H,3H2,1-2H3;1H/t9-,11-;/m0./s1/i1D3,3D2;. The van der Waals surface area contributed by atoms with Crippen molar-refractivity contribution in [1.29, 1.82) is 0 Å². The summed E-state index contributed by atoms with van der Waals surface area (Å²) < 4.78 is 36.2. The highest BCUT2D eigenvalue weighted by molar-refractivity contribution is 5.85. The van der Waals surface area contributed by atoms with E-state index in [1.807, 2.05) is 0 Å². The zero-order chi connectivity index (χ0) is 14.0. The highest BCUT2D eigenvalue weighted by Crippen LogP contribution is 2.15. The van der Waals surface area contributed by atoms with Gasteiger partial charge in [0, 0.05) is 12.9 Å². The molecule has 0 aliphatic heterocycles.